The minimum atomic E-state index is -0.398. The van der Waals surface area contributed by atoms with Gasteiger partial charge in [0.1, 0.15) is 11.3 Å². The Labute approximate surface area is 150 Å². The van der Waals surface area contributed by atoms with Crippen molar-refractivity contribution in [2.75, 3.05) is 21.2 Å². The van der Waals surface area contributed by atoms with E-state index in [1.165, 1.54) is 9.80 Å². The number of thiocarbonyl (C=S) groups is 1. The third kappa shape index (κ3) is 3.06. The van der Waals surface area contributed by atoms with E-state index < -0.39 is 11.8 Å². The zero-order valence-corrected chi connectivity index (χ0v) is 14.9. The Kier molecular flexibility index (Phi) is 4.41. The van der Waals surface area contributed by atoms with Crippen molar-refractivity contribution >= 4 is 35.2 Å². The molecule has 6 nitrogen and oxygen atoms in total. The fourth-order valence-electron chi connectivity index (χ4n) is 2.56. The molecule has 1 aliphatic heterocycles. The summed E-state index contributed by atoms with van der Waals surface area (Å²) in [5, 5.41) is 0.197. The number of aromatic nitrogens is 1. The molecule has 1 aromatic carbocycles. The number of likely N-dealkylation sites (N-methyl/N-ethyl adjacent to an activating group) is 2. The molecule has 7 heteroatoms. The summed E-state index contributed by atoms with van der Waals surface area (Å²) >= 11 is 5.08. The van der Waals surface area contributed by atoms with Crippen molar-refractivity contribution in [1.82, 2.24) is 14.4 Å². The molecule has 1 aromatic heterocycles. The second-order valence-electron chi connectivity index (χ2n) is 5.62. The first-order valence-electron chi connectivity index (χ1n) is 7.56. The fraction of sp³-hybridized carbons (Fsp3) is 0.167. The first kappa shape index (κ1) is 16.9. The molecule has 2 amide bonds. The molecule has 0 radical (unpaired) electrons. The van der Waals surface area contributed by atoms with Gasteiger partial charge in [-0.25, -0.2) is 0 Å². The summed E-state index contributed by atoms with van der Waals surface area (Å²) in [5.41, 5.74) is 1.79. The molecular formula is C18H17N3O3S. The lowest BCUT2D eigenvalue weighted by molar-refractivity contribution is -0.132. The van der Waals surface area contributed by atoms with Crippen molar-refractivity contribution in [3.63, 3.8) is 0 Å². The van der Waals surface area contributed by atoms with Crippen LogP contribution in [0.4, 0.5) is 0 Å². The number of methoxy groups -OCH3 is 1. The average molecular weight is 355 g/mol. The van der Waals surface area contributed by atoms with Crippen LogP contribution in [0.1, 0.15) is 5.56 Å². The molecule has 0 spiro atoms. The molecule has 0 N–H and O–H groups in total. The summed E-state index contributed by atoms with van der Waals surface area (Å²) in [5.74, 6) is -0.0192. The van der Waals surface area contributed by atoms with Crippen molar-refractivity contribution in [1.29, 1.82) is 0 Å². The van der Waals surface area contributed by atoms with E-state index in [9.17, 15) is 9.59 Å². The molecule has 1 fully saturated rings. The number of ether oxygens (including phenoxy) is 1. The number of hydrogen-bond acceptors (Lipinski definition) is 4. The molecule has 3 rings (SSSR count). The Morgan fingerprint density at radius 1 is 1.00 bits per heavy atom. The van der Waals surface area contributed by atoms with Gasteiger partial charge in [-0.15, -0.1) is 0 Å². The van der Waals surface area contributed by atoms with Crippen LogP contribution >= 0.6 is 12.2 Å². The van der Waals surface area contributed by atoms with Gasteiger partial charge < -0.3 is 9.30 Å². The summed E-state index contributed by atoms with van der Waals surface area (Å²) < 4.78 is 7.05. The van der Waals surface area contributed by atoms with E-state index in [1.54, 1.807) is 27.3 Å². The van der Waals surface area contributed by atoms with Gasteiger partial charge in [0.15, 0.2) is 5.11 Å². The summed E-state index contributed by atoms with van der Waals surface area (Å²) in [6.07, 6.45) is 5.30. The molecular weight excluding hydrogens is 338 g/mol. The first-order chi connectivity index (χ1) is 11.9. The second kappa shape index (κ2) is 6.52. The molecule has 0 saturated carbocycles. The molecule has 25 heavy (non-hydrogen) atoms. The van der Waals surface area contributed by atoms with Crippen molar-refractivity contribution in [3.05, 3.63) is 53.9 Å². The van der Waals surface area contributed by atoms with Crippen LogP contribution in [0.15, 0.2) is 48.3 Å². The lowest BCUT2D eigenvalue weighted by atomic mass is 10.1. The average Bonchev–Trinajstić information content (AvgIpc) is 3.10. The van der Waals surface area contributed by atoms with E-state index in [1.807, 2.05) is 47.3 Å². The summed E-state index contributed by atoms with van der Waals surface area (Å²) in [7, 11) is 4.74. The van der Waals surface area contributed by atoms with Gasteiger partial charge in [-0.1, -0.05) is 0 Å². The topological polar surface area (TPSA) is 54.8 Å². The molecule has 2 aromatic rings. The van der Waals surface area contributed by atoms with Gasteiger partial charge in [-0.05, 0) is 54.2 Å². The molecule has 1 aliphatic rings. The lowest BCUT2D eigenvalue weighted by Gasteiger charge is -2.31. The van der Waals surface area contributed by atoms with Crippen LogP contribution in [0.25, 0.3) is 11.8 Å². The fourth-order valence-corrected chi connectivity index (χ4v) is 2.72. The first-order valence-corrected chi connectivity index (χ1v) is 7.97. The van der Waals surface area contributed by atoms with Crippen LogP contribution in [0.2, 0.25) is 0 Å². The van der Waals surface area contributed by atoms with Crippen LogP contribution in [-0.2, 0) is 9.59 Å². The number of rotatable bonds is 3. The predicted octanol–water partition coefficient (Wildman–Crippen LogP) is 2.08. The predicted molar refractivity (Wildman–Crippen MR) is 98.4 cm³/mol. The standard InChI is InChI=1S/C18H17N3O3S/c1-19-16(22)15(17(23)20(2)18(19)25)10-12-8-9-21(11-12)13-4-6-14(24-3)7-5-13/h4-11H,1-3H3. The van der Waals surface area contributed by atoms with Gasteiger partial charge in [-0.2, -0.15) is 0 Å². The van der Waals surface area contributed by atoms with E-state index in [0.717, 1.165) is 17.0 Å². The second-order valence-corrected chi connectivity index (χ2v) is 5.98. The third-order valence-corrected chi connectivity index (χ3v) is 4.59. The molecule has 0 unspecified atom stereocenters. The van der Waals surface area contributed by atoms with Crippen molar-refractivity contribution in [3.8, 4) is 11.4 Å². The highest BCUT2D eigenvalue weighted by molar-refractivity contribution is 7.80. The van der Waals surface area contributed by atoms with Crippen LogP contribution in [-0.4, -0.2) is 52.5 Å². The number of hydrogen-bond donors (Lipinski definition) is 0. The van der Waals surface area contributed by atoms with Crippen LogP contribution < -0.4 is 4.74 Å². The van der Waals surface area contributed by atoms with Crippen molar-refractivity contribution in [2.45, 2.75) is 0 Å². The zero-order valence-electron chi connectivity index (χ0n) is 14.1. The maximum absolute atomic E-state index is 12.3. The van der Waals surface area contributed by atoms with Gasteiger partial charge in [0, 0.05) is 32.2 Å². The Bertz CT molecular complexity index is 857. The summed E-state index contributed by atoms with van der Waals surface area (Å²) in [4.78, 5) is 27.3. The maximum Gasteiger partial charge on any atom is 0.265 e. The highest BCUT2D eigenvalue weighted by Crippen LogP contribution is 2.20. The van der Waals surface area contributed by atoms with Crippen molar-refractivity contribution < 1.29 is 14.3 Å². The molecule has 0 bridgehead atoms. The maximum atomic E-state index is 12.3. The summed E-state index contributed by atoms with van der Waals surface area (Å²) in [6.45, 7) is 0. The minimum Gasteiger partial charge on any atom is -0.497 e. The molecule has 0 atom stereocenters. The van der Waals surface area contributed by atoms with Crippen LogP contribution in [0.5, 0.6) is 5.75 Å². The molecule has 0 aliphatic carbocycles. The van der Waals surface area contributed by atoms with E-state index in [-0.39, 0.29) is 10.7 Å². The normalized spacial score (nSPS) is 15.0. The Balaban J connectivity index is 1.91. The van der Waals surface area contributed by atoms with Gasteiger partial charge in [0.25, 0.3) is 11.8 Å². The highest BCUT2D eigenvalue weighted by Gasteiger charge is 2.35. The van der Waals surface area contributed by atoms with Gasteiger partial charge in [-0.3, -0.25) is 19.4 Å². The molecule has 1 saturated heterocycles. The Morgan fingerprint density at radius 2 is 1.60 bits per heavy atom. The minimum absolute atomic E-state index is 0.0890. The Hall–Kier alpha value is -2.93. The largest absolute Gasteiger partial charge is 0.497 e. The molecule has 128 valence electrons. The molecule has 2 heterocycles. The summed E-state index contributed by atoms with van der Waals surface area (Å²) in [6, 6.07) is 9.42. The van der Waals surface area contributed by atoms with Gasteiger partial charge >= 0.3 is 0 Å². The van der Waals surface area contributed by atoms with Crippen LogP contribution in [0.3, 0.4) is 0 Å². The van der Waals surface area contributed by atoms with Gasteiger partial charge in [0.2, 0.25) is 0 Å². The number of carbonyl (C=O) groups excluding carboxylic acids is 2. The lowest BCUT2D eigenvalue weighted by Crippen LogP contribution is -2.52. The third-order valence-electron chi connectivity index (χ3n) is 4.04. The van der Waals surface area contributed by atoms with Crippen molar-refractivity contribution in [2.24, 2.45) is 0 Å². The SMILES string of the molecule is COc1ccc(-n2ccc(C=C3C(=O)N(C)C(=S)N(C)C3=O)c2)cc1. The van der Waals surface area contributed by atoms with E-state index >= 15 is 0 Å². The monoisotopic (exact) mass is 355 g/mol. The number of benzene rings is 1. The van der Waals surface area contributed by atoms with E-state index in [4.69, 9.17) is 17.0 Å². The van der Waals surface area contributed by atoms with Crippen LogP contribution in [0, 0.1) is 0 Å². The quantitative estimate of drug-likeness (QED) is 0.481. The number of amides is 2. The smallest absolute Gasteiger partial charge is 0.265 e. The Morgan fingerprint density at radius 3 is 2.16 bits per heavy atom. The van der Waals surface area contributed by atoms with Gasteiger partial charge in [0.05, 0.1) is 7.11 Å². The number of carbonyl (C=O) groups is 2. The zero-order chi connectivity index (χ0) is 18.1. The number of nitrogens with zero attached hydrogens (tertiary/aromatic N) is 3. The van der Waals surface area contributed by atoms with E-state index in [0.29, 0.717) is 0 Å². The van der Waals surface area contributed by atoms with E-state index in [2.05, 4.69) is 0 Å². The highest BCUT2D eigenvalue weighted by atomic mass is 32.1.